The predicted octanol–water partition coefficient (Wildman–Crippen LogP) is -0.216. The van der Waals surface area contributed by atoms with Crippen LogP contribution in [0.4, 0.5) is 0 Å². The summed E-state index contributed by atoms with van der Waals surface area (Å²) in [5.74, 6) is -0.344. The summed E-state index contributed by atoms with van der Waals surface area (Å²) in [7, 11) is 0. The van der Waals surface area contributed by atoms with Crippen molar-refractivity contribution in [1.82, 2.24) is 4.72 Å². The van der Waals surface area contributed by atoms with E-state index in [0.717, 1.165) is 5.56 Å². The van der Waals surface area contributed by atoms with E-state index in [1.165, 1.54) is 3.97 Å². The number of carbonyl (C=O) groups is 1. The molecule has 3 nitrogen and oxygen atoms in total. The highest BCUT2D eigenvalue weighted by molar-refractivity contribution is 7.57. The number of aromatic nitrogens is 1. The van der Waals surface area contributed by atoms with Crippen LogP contribution in [0.1, 0.15) is 16.1 Å². The first-order valence-corrected chi connectivity index (χ1v) is 4.05. The lowest BCUT2D eigenvalue weighted by atomic mass is 10.2. The van der Waals surface area contributed by atoms with Gasteiger partial charge in [-0.25, -0.2) is 0 Å². The zero-order valence-corrected chi connectivity index (χ0v) is 8.04. The van der Waals surface area contributed by atoms with Crippen LogP contribution in [0.15, 0.2) is 18.3 Å². The summed E-state index contributed by atoms with van der Waals surface area (Å²) in [5, 5.41) is 0. The lowest BCUT2D eigenvalue weighted by Crippen LogP contribution is -2.38. The van der Waals surface area contributed by atoms with Crippen molar-refractivity contribution < 1.29 is 8.77 Å². The third-order valence-electron chi connectivity index (χ3n) is 1.40. The topological polar surface area (TPSA) is 33.0 Å². The normalized spacial score (nSPS) is 9.50. The molecule has 0 fully saturated rings. The third kappa shape index (κ3) is 1.86. The van der Waals surface area contributed by atoms with Crippen LogP contribution in [-0.4, -0.2) is 5.91 Å². The molecule has 1 aromatic heterocycles. The van der Waals surface area contributed by atoms with E-state index in [4.69, 9.17) is 12.8 Å². The fraction of sp³-hybridized carbons (Fsp3) is 0.143. The molecule has 0 saturated carbocycles. The summed E-state index contributed by atoms with van der Waals surface area (Å²) in [5.41, 5.74) is 1.37. The summed E-state index contributed by atoms with van der Waals surface area (Å²) in [4.78, 5) is 11.1. The van der Waals surface area contributed by atoms with E-state index < -0.39 is 0 Å². The molecule has 0 atom stereocenters. The minimum Gasteiger partial charge on any atom is -0.667 e. The Labute approximate surface area is 81.9 Å². The van der Waals surface area contributed by atoms with Crippen LogP contribution in [0.5, 0.6) is 0 Å². The van der Waals surface area contributed by atoms with Gasteiger partial charge in [0, 0.05) is 12.1 Å². The van der Waals surface area contributed by atoms with Gasteiger partial charge in [-0.3, -0.25) is 8.77 Å². The van der Waals surface area contributed by atoms with Gasteiger partial charge >= 0.3 is 0 Å². The number of aryl methyl sites for hydroxylation is 1. The summed E-state index contributed by atoms with van der Waals surface area (Å²) in [6, 6.07) is 3.52. The van der Waals surface area contributed by atoms with Gasteiger partial charge in [0.25, 0.3) is 11.6 Å². The molecule has 0 aromatic carbocycles. The second-order valence-electron chi connectivity index (χ2n) is 2.35. The summed E-state index contributed by atoms with van der Waals surface area (Å²) >= 11 is 9.26. The molecule has 0 aliphatic carbocycles. The van der Waals surface area contributed by atoms with Crippen LogP contribution in [0, 0.1) is 6.92 Å². The monoisotopic (exact) mass is 199 g/mol. The van der Waals surface area contributed by atoms with E-state index in [2.05, 4.69) is 17.5 Å². The Morgan fingerprint density at radius 2 is 2.33 bits per heavy atom. The lowest BCUT2D eigenvalue weighted by Gasteiger charge is -2.09. The number of hydrogen-bond donors (Lipinski definition) is 1. The average Bonchev–Trinajstić information content (AvgIpc) is 2.08. The summed E-state index contributed by atoms with van der Waals surface area (Å²) < 4.78 is 3.42. The van der Waals surface area contributed by atoms with Crippen LogP contribution < -0.4 is 8.69 Å². The Kier molecular flexibility index (Phi) is 2.88. The predicted molar refractivity (Wildman–Crippen MR) is 49.0 cm³/mol. The highest BCUT2D eigenvalue weighted by Gasteiger charge is 2.09. The Morgan fingerprint density at radius 3 is 2.92 bits per heavy atom. The first kappa shape index (κ1) is 9.28. The quantitative estimate of drug-likeness (QED) is 0.501. The fourth-order valence-electron chi connectivity index (χ4n) is 0.811. The van der Waals surface area contributed by atoms with Crippen molar-refractivity contribution in [2.24, 2.45) is 0 Å². The molecule has 0 saturated heterocycles. The molecule has 5 heteroatoms. The van der Waals surface area contributed by atoms with Gasteiger partial charge in [0.2, 0.25) is 0 Å². The second-order valence-corrected chi connectivity index (χ2v) is 2.94. The van der Waals surface area contributed by atoms with Gasteiger partial charge in [-0.15, -0.1) is 0 Å². The van der Waals surface area contributed by atoms with Gasteiger partial charge in [-0.1, -0.05) is 0 Å². The number of amides is 1. The van der Waals surface area contributed by atoms with Crippen molar-refractivity contribution in [1.29, 1.82) is 0 Å². The fourth-order valence-corrected chi connectivity index (χ4v) is 1.11. The molecule has 1 amide bonds. The molecule has 1 heterocycles. The zero-order valence-electron chi connectivity index (χ0n) is 6.40. The van der Waals surface area contributed by atoms with E-state index >= 15 is 0 Å². The molecule has 1 rings (SSSR count). The maximum Gasteiger partial charge on any atom is 0.293 e. The molecule has 0 aliphatic rings. The summed E-state index contributed by atoms with van der Waals surface area (Å²) in [6.07, 6.45) is 1.64. The van der Waals surface area contributed by atoms with Crippen LogP contribution >= 0.6 is 0 Å². The van der Waals surface area contributed by atoms with E-state index in [-0.39, 0.29) is 5.91 Å². The van der Waals surface area contributed by atoms with Gasteiger partial charge in [0.1, 0.15) is 0 Å². The van der Waals surface area contributed by atoms with Gasteiger partial charge in [-0.05, 0) is 12.5 Å². The van der Waals surface area contributed by atoms with Crippen molar-refractivity contribution in [3.05, 3.63) is 29.6 Å². The summed E-state index contributed by atoms with van der Waals surface area (Å²) in [6.45, 7) is 1.88. The molecule has 0 radical (unpaired) electrons. The molecular weight excluding hydrogens is 192 g/mol. The first-order chi connectivity index (χ1) is 5.65. The molecule has 0 unspecified atom stereocenters. The lowest BCUT2D eigenvalue weighted by molar-refractivity contribution is -0.495. The number of rotatable bonds is 1. The molecule has 0 spiro atoms. The number of nitrogens with zero attached hydrogens (tertiary/aromatic N) is 1. The van der Waals surface area contributed by atoms with E-state index in [1.54, 1.807) is 12.3 Å². The van der Waals surface area contributed by atoms with E-state index in [9.17, 15) is 4.79 Å². The maximum atomic E-state index is 11.1. The molecule has 0 bridgehead atoms. The van der Waals surface area contributed by atoms with E-state index in [0.29, 0.717) is 5.69 Å². The average molecular weight is 199 g/mol. The van der Waals surface area contributed by atoms with Crippen LogP contribution in [0.25, 0.3) is 0 Å². The second kappa shape index (κ2) is 3.73. The van der Waals surface area contributed by atoms with Crippen molar-refractivity contribution in [2.45, 2.75) is 6.92 Å². The Bertz CT molecular complexity index is 314. The third-order valence-corrected chi connectivity index (χ3v) is 1.90. The highest BCUT2D eigenvalue weighted by atomic mass is 32.1. The highest BCUT2D eigenvalue weighted by Crippen LogP contribution is 1.97. The van der Waals surface area contributed by atoms with E-state index in [1.807, 2.05) is 13.0 Å². The van der Waals surface area contributed by atoms with Gasteiger partial charge in [0.15, 0.2) is 6.20 Å². The SMILES string of the molecule is Cc1cc[n+]([S-])c(C(=O)N[S-])c1. The standard InChI is InChI=1S/C7H7N2OS2/c1-5-2-3-9(12)6(4-5)7(10)8-11/h2-4H,1H3,(H-,8,10,11)/q-1. The van der Waals surface area contributed by atoms with Crippen LogP contribution in [0.3, 0.4) is 0 Å². The largest absolute Gasteiger partial charge is 0.667 e. The number of nitrogens with one attached hydrogen (secondary N) is 1. The maximum absolute atomic E-state index is 11.1. The minimum atomic E-state index is -0.344. The molecule has 12 heavy (non-hydrogen) atoms. The van der Waals surface area contributed by atoms with Gasteiger partial charge in [0.05, 0.1) is 0 Å². The smallest absolute Gasteiger partial charge is 0.293 e. The molecule has 64 valence electrons. The molecule has 1 aromatic rings. The Morgan fingerprint density at radius 1 is 1.67 bits per heavy atom. The number of carbonyl (C=O) groups excluding carboxylic acids is 1. The number of pyridine rings is 1. The van der Waals surface area contributed by atoms with Crippen molar-refractivity contribution >= 4 is 31.5 Å². The molecule has 0 aliphatic heterocycles. The Balaban J connectivity index is 3.13. The number of hydrogen-bond acceptors (Lipinski definition) is 3. The molecule has 1 N–H and O–H groups in total. The van der Waals surface area contributed by atoms with Crippen molar-refractivity contribution in [3.8, 4) is 0 Å². The van der Waals surface area contributed by atoms with Gasteiger partial charge in [-0.2, -0.15) is 0 Å². The van der Waals surface area contributed by atoms with Crippen molar-refractivity contribution in [3.63, 3.8) is 0 Å². The first-order valence-electron chi connectivity index (χ1n) is 3.27. The van der Waals surface area contributed by atoms with Crippen LogP contribution in [-0.2, 0) is 25.6 Å². The van der Waals surface area contributed by atoms with Gasteiger partial charge < -0.3 is 30.4 Å². The minimum absolute atomic E-state index is 0.344. The Hall–Kier alpha value is -0.810. The van der Waals surface area contributed by atoms with Crippen molar-refractivity contribution in [2.75, 3.05) is 0 Å². The van der Waals surface area contributed by atoms with Crippen LogP contribution in [0.2, 0.25) is 0 Å². The molecular formula is C7H7N2OS2-. The zero-order chi connectivity index (χ0) is 9.14.